The number of carbonyl (C=O) groups excluding carboxylic acids is 3. The Balaban J connectivity index is 1.35. The Bertz CT molecular complexity index is 1010. The molecule has 2 aliphatic rings. The number of para-hydroxylation sites is 1. The summed E-state index contributed by atoms with van der Waals surface area (Å²) in [6.07, 6.45) is 11.2. The monoisotopic (exact) mass is 462 g/mol. The zero-order valence-corrected chi connectivity index (χ0v) is 20.0. The first kappa shape index (κ1) is 23.9. The molecule has 2 heterocycles. The third-order valence-corrected chi connectivity index (χ3v) is 7.10. The van der Waals surface area contributed by atoms with E-state index in [1.807, 2.05) is 24.0 Å². The third kappa shape index (κ3) is 5.82. The molecule has 0 radical (unpaired) electrons. The Morgan fingerprint density at radius 2 is 1.62 bits per heavy atom. The van der Waals surface area contributed by atoms with Crippen LogP contribution in [-0.4, -0.2) is 58.7 Å². The van der Waals surface area contributed by atoms with Crippen LogP contribution in [0.2, 0.25) is 0 Å². The van der Waals surface area contributed by atoms with E-state index >= 15 is 0 Å². The summed E-state index contributed by atoms with van der Waals surface area (Å²) in [4.78, 5) is 46.4. The van der Waals surface area contributed by atoms with Gasteiger partial charge in [-0.3, -0.25) is 19.4 Å². The first-order valence-electron chi connectivity index (χ1n) is 12.4. The molecule has 180 valence electrons. The Morgan fingerprint density at radius 3 is 2.32 bits per heavy atom. The van der Waals surface area contributed by atoms with Gasteiger partial charge in [-0.15, -0.1) is 0 Å². The summed E-state index contributed by atoms with van der Waals surface area (Å²) in [7, 11) is 0. The minimum absolute atomic E-state index is 0.122. The van der Waals surface area contributed by atoms with Crippen LogP contribution in [0.3, 0.4) is 0 Å². The molecule has 7 nitrogen and oxygen atoms in total. The molecule has 1 saturated heterocycles. The number of anilines is 1. The molecular weight excluding hydrogens is 428 g/mol. The maximum absolute atomic E-state index is 13.4. The molecule has 1 saturated carbocycles. The molecule has 3 amide bonds. The van der Waals surface area contributed by atoms with Crippen molar-refractivity contribution in [2.45, 2.75) is 51.9 Å². The lowest BCUT2D eigenvalue weighted by atomic mass is 9.86. The van der Waals surface area contributed by atoms with Crippen LogP contribution >= 0.6 is 0 Å². The number of hydrogen-bond acceptors (Lipinski definition) is 4. The first-order chi connectivity index (χ1) is 16.5. The average molecular weight is 463 g/mol. The molecule has 0 bridgehead atoms. The zero-order chi connectivity index (χ0) is 23.9. The van der Waals surface area contributed by atoms with Crippen LogP contribution in [0.15, 0.2) is 42.7 Å². The first-order valence-corrected chi connectivity index (χ1v) is 12.4. The SMILES string of the molecule is Cc1cccc(C(=O)N2CCN(C(=O)CCC3CCCCC3)CC2)c1NC(=O)c1ccncc1. The number of benzene rings is 1. The van der Waals surface area contributed by atoms with Gasteiger partial charge >= 0.3 is 0 Å². The lowest BCUT2D eigenvalue weighted by molar-refractivity contribution is -0.133. The molecule has 1 aromatic heterocycles. The van der Waals surface area contributed by atoms with Crippen molar-refractivity contribution in [3.05, 3.63) is 59.4 Å². The lowest BCUT2D eigenvalue weighted by Gasteiger charge is -2.35. The number of piperazine rings is 1. The number of amides is 3. The highest BCUT2D eigenvalue weighted by Gasteiger charge is 2.27. The fraction of sp³-hybridized carbons (Fsp3) is 0.481. The van der Waals surface area contributed by atoms with Gasteiger partial charge in [0.15, 0.2) is 0 Å². The van der Waals surface area contributed by atoms with E-state index in [1.54, 1.807) is 35.5 Å². The molecule has 1 N–H and O–H groups in total. The smallest absolute Gasteiger partial charge is 0.256 e. The molecule has 1 aliphatic heterocycles. The van der Waals surface area contributed by atoms with Gasteiger partial charge in [-0.25, -0.2) is 0 Å². The summed E-state index contributed by atoms with van der Waals surface area (Å²) in [6, 6.07) is 8.73. The lowest BCUT2D eigenvalue weighted by Crippen LogP contribution is -2.50. The van der Waals surface area contributed by atoms with E-state index in [0.29, 0.717) is 55.3 Å². The van der Waals surface area contributed by atoms with E-state index in [4.69, 9.17) is 0 Å². The number of aromatic nitrogens is 1. The second-order valence-corrected chi connectivity index (χ2v) is 9.40. The van der Waals surface area contributed by atoms with Gasteiger partial charge in [0.2, 0.25) is 5.91 Å². The third-order valence-electron chi connectivity index (χ3n) is 7.10. The number of hydrogen-bond donors (Lipinski definition) is 1. The van der Waals surface area contributed by atoms with E-state index in [2.05, 4.69) is 10.3 Å². The predicted molar refractivity (Wildman–Crippen MR) is 132 cm³/mol. The Labute approximate surface area is 201 Å². The Morgan fingerprint density at radius 1 is 0.941 bits per heavy atom. The summed E-state index contributed by atoms with van der Waals surface area (Å²) in [5, 5.41) is 2.91. The van der Waals surface area contributed by atoms with Gasteiger partial charge in [-0.1, -0.05) is 44.2 Å². The number of carbonyl (C=O) groups is 3. The van der Waals surface area contributed by atoms with Gasteiger partial charge in [0.05, 0.1) is 11.3 Å². The number of nitrogens with zero attached hydrogens (tertiary/aromatic N) is 3. The minimum atomic E-state index is -0.279. The van der Waals surface area contributed by atoms with Gasteiger partial charge in [0, 0.05) is 50.6 Å². The van der Waals surface area contributed by atoms with Crippen molar-refractivity contribution >= 4 is 23.4 Å². The van der Waals surface area contributed by atoms with Crippen LogP contribution in [-0.2, 0) is 4.79 Å². The molecule has 2 fully saturated rings. The van der Waals surface area contributed by atoms with E-state index in [-0.39, 0.29) is 17.7 Å². The largest absolute Gasteiger partial charge is 0.339 e. The van der Waals surface area contributed by atoms with Crippen molar-refractivity contribution in [3.8, 4) is 0 Å². The highest BCUT2D eigenvalue weighted by atomic mass is 16.2. The Kier molecular flexibility index (Phi) is 7.93. The van der Waals surface area contributed by atoms with E-state index in [0.717, 1.165) is 12.0 Å². The second-order valence-electron chi connectivity index (χ2n) is 9.40. The van der Waals surface area contributed by atoms with Crippen molar-refractivity contribution in [1.29, 1.82) is 0 Å². The summed E-state index contributed by atoms with van der Waals surface area (Å²) >= 11 is 0. The van der Waals surface area contributed by atoms with Gasteiger partial charge in [-0.2, -0.15) is 0 Å². The fourth-order valence-electron chi connectivity index (χ4n) is 4.99. The summed E-state index contributed by atoms with van der Waals surface area (Å²) < 4.78 is 0. The molecule has 1 aliphatic carbocycles. The van der Waals surface area contributed by atoms with Crippen LogP contribution in [0.4, 0.5) is 5.69 Å². The van der Waals surface area contributed by atoms with Gasteiger partial charge in [0.25, 0.3) is 11.8 Å². The van der Waals surface area contributed by atoms with Gasteiger partial charge in [0.1, 0.15) is 0 Å². The quantitative estimate of drug-likeness (QED) is 0.694. The molecule has 1 aromatic carbocycles. The number of aryl methyl sites for hydroxylation is 1. The van der Waals surface area contributed by atoms with Crippen molar-refractivity contribution in [3.63, 3.8) is 0 Å². The predicted octanol–water partition coefficient (Wildman–Crippen LogP) is 4.29. The average Bonchev–Trinajstić information content (AvgIpc) is 2.89. The Hall–Kier alpha value is -3.22. The van der Waals surface area contributed by atoms with Crippen LogP contribution in [0, 0.1) is 12.8 Å². The fourth-order valence-corrected chi connectivity index (χ4v) is 4.99. The van der Waals surface area contributed by atoms with Crippen molar-refractivity contribution in [2.24, 2.45) is 5.92 Å². The highest BCUT2D eigenvalue weighted by molar-refractivity contribution is 6.09. The highest BCUT2D eigenvalue weighted by Crippen LogP contribution is 2.28. The number of pyridine rings is 1. The van der Waals surface area contributed by atoms with Crippen LogP contribution in [0.5, 0.6) is 0 Å². The summed E-state index contributed by atoms with van der Waals surface area (Å²) in [5.74, 6) is 0.503. The van der Waals surface area contributed by atoms with Gasteiger partial charge < -0.3 is 15.1 Å². The van der Waals surface area contributed by atoms with Crippen LogP contribution in [0.1, 0.15) is 71.2 Å². The maximum Gasteiger partial charge on any atom is 0.256 e. The number of rotatable bonds is 6. The minimum Gasteiger partial charge on any atom is -0.339 e. The van der Waals surface area contributed by atoms with Crippen LogP contribution < -0.4 is 5.32 Å². The number of nitrogens with one attached hydrogen (secondary N) is 1. The van der Waals surface area contributed by atoms with Crippen LogP contribution in [0.25, 0.3) is 0 Å². The molecule has 4 rings (SSSR count). The normalized spacial score (nSPS) is 16.9. The second kappa shape index (κ2) is 11.3. The molecule has 7 heteroatoms. The van der Waals surface area contributed by atoms with Crippen molar-refractivity contribution < 1.29 is 14.4 Å². The van der Waals surface area contributed by atoms with Crippen molar-refractivity contribution in [2.75, 3.05) is 31.5 Å². The summed E-state index contributed by atoms with van der Waals surface area (Å²) in [5.41, 5.74) is 2.31. The molecule has 0 spiro atoms. The van der Waals surface area contributed by atoms with Gasteiger partial charge in [-0.05, 0) is 43.0 Å². The molecule has 2 aromatic rings. The van der Waals surface area contributed by atoms with Crippen molar-refractivity contribution in [1.82, 2.24) is 14.8 Å². The molecule has 0 atom stereocenters. The molecule has 0 unspecified atom stereocenters. The standard InChI is InChI=1S/C27H34N4O3/c1-20-6-5-9-23(25(20)29-26(33)22-12-14-28-15-13-22)27(34)31-18-16-30(17-19-31)24(32)11-10-21-7-3-2-4-8-21/h5-6,9,12-15,21H,2-4,7-8,10-11,16-19H2,1H3,(H,29,33). The zero-order valence-electron chi connectivity index (χ0n) is 20.0. The molecular formula is C27H34N4O3. The van der Waals surface area contributed by atoms with E-state index in [9.17, 15) is 14.4 Å². The van der Waals surface area contributed by atoms with E-state index < -0.39 is 0 Å². The summed E-state index contributed by atoms with van der Waals surface area (Å²) in [6.45, 7) is 3.99. The van der Waals surface area contributed by atoms with E-state index in [1.165, 1.54) is 32.1 Å². The topological polar surface area (TPSA) is 82.6 Å². The molecule has 34 heavy (non-hydrogen) atoms. The maximum atomic E-state index is 13.4.